The van der Waals surface area contributed by atoms with Crippen LogP contribution in [0.5, 0.6) is 0 Å². The summed E-state index contributed by atoms with van der Waals surface area (Å²) < 4.78 is 22.8. The molecule has 1 atom stereocenters. The van der Waals surface area contributed by atoms with Gasteiger partial charge in [-0.3, -0.25) is 0 Å². The van der Waals surface area contributed by atoms with E-state index in [1.807, 2.05) is 6.92 Å². The Balaban J connectivity index is 2.59. The maximum atomic E-state index is 10.8. The Kier molecular flexibility index (Phi) is 2.46. The molecule has 0 bridgehead atoms. The molecule has 0 heterocycles. The van der Waals surface area contributed by atoms with Gasteiger partial charge in [0, 0.05) is 23.8 Å². The quantitative estimate of drug-likeness (QED) is 0.638. The fourth-order valence-electron chi connectivity index (χ4n) is 1.07. The highest BCUT2D eigenvalue weighted by Gasteiger charge is 2.34. The van der Waals surface area contributed by atoms with Gasteiger partial charge in [-0.25, -0.2) is 0 Å². The van der Waals surface area contributed by atoms with E-state index in [1.165, 1.54) is 11.4 Å². The van der Waals surface area contributed by atoms with Crippen LogP contribution in [-0.4, -0.2) is 25.8 Å². The lowest BCUT2D eigenvalue weighted by Gasteiger charge is -2.19. The summed E-state index contributed by atoms with van der Waals surface area (Å²) in [6.45, 7) is 1.89. The zero-order valence-corrected chi connectivity index (χ0v) is 8.19. The second kappa shape index (κ2) is 2.92. The molecule has 0 saturated heterocycles. The van der Waals surface area contributed by atoms with Gasteiger partial charge in [0.15, 0.2) is 0 Å². The number of nitrogens with zero attached hydrogens (tertiary/aromatic N) is 1. The van der Waals surface area contributed by atoms with Crippen LogP contribution in [0.4, 0.5) is 0 Å². The highest BCUT2D eigenvalue weighted by atomic mass is 35.7. The third kappa shape index (κ3) is 2.32. The van der Waals surface area contributed by atoms with Crippen molar-refractivity contribution in [3.63, 3.8) is 0 Å². The SMILES string of the molecule is C[C@H](C1CC1)N(C)S(=O)(=O)Cl. The highest BCUT2D eigenvalue weighted by molar-refractivity contribution is 8.11. The monoisotopic (exact) mass is 197 g/mol. The minimum atomic E-state index is -3.50. The van der Waals surface area contributed by atoms with Crippen LogP contribution < -0.4 is 0 Å². The van der Waals surface area contributed by atoms with Crippen molar-refractivity contribution in [2.45, 2.75) is 25.8 Å². The Morgan fingerprint density at radius 3 is 2.27 bits per heavy atom. The van der Waals surface area contributed by atoms with Crippen molar-refractivity contribution in [1.82, 2.24) is 4.31 Å². The molecule has 0 aliphatic heterocycles. The summed E-state index contributed by atoms with van der Waals surface area (Å²) in [6, 6.07) is 0.0532. The zero-order chi connectivity index (χ0) is 8.65. The van der Waals surface area contributed by atoms with Gasteiger partial charge < -0.3 is 0 Å². The van der Waals surface area contributed by atoms with Crippen LogP contribution in [0.3, 0.4) is 0 Å². The molecule has 1 rings (SSSR count). The molecular weight excluding hydrogens is 186 g/mol. The summed E-state index contributed by atoms with van der Waals surface area (Å²) in [5.74, 6) is 0.522. The summed E-state index contributed by atoms with van der Waals surface area (Å²) in [4.78, 5) is 0. The number of rotatable bonds is 3. The van der Waals surface area contributed by atoms with E-state index in [1.54, 1.807) is 0 Å². The summed E-state index contributed by atoms with van der Waals surface area (Å²) in [7, 11) is 3.17. The van der Waals surface area contributed by atoms with Gasteiger partial charge in [-0.1, -0.05) is 0 Å². The second-order valence-electron chi connectivity index (χ2n) is 3.04. The molecule has 0 radical (unpaired) electrons. The fourth-order valence-corrected chi connectivity index (χ4v) is 2.02. The van der Waals surface area contributed by atoms with E-state index >= 15 is 0 Å². The Bertz CT molecular complexity index is 235. The lowest BCUT2D eigenvalue weighted by Crippen LogP contribution is -2.33. The van der Waals surface area contributed by atoms with E-state index in [2.05, 4.69) is 0 Å². The smallest absolute Gasteiger partial charge is 0.195 e. The Hall–Kier alpha value is 0.200. The lowest BCUT2D eigenvalue weighted by atomic mass is 10.2. The summed E-state index contributed by atoms with van der Waals surface area (Å²) in [6.07, 6.45) is 2.25. The van der Waals surface area contributed by atoms with Gasteiger partial charge in [-0.05, 0) is 25.7 Å². The first-order valence-corrected chi connectivity index (χ1v) is 5.87. The molecule has 1 saturated carbocycles. The number of hydrogen-bond donors (Lipinski definition) is 0. The molecule has 1 aliphatic carbocycles. The lowest BCUT2D eigenvalue weighted by molar-refractivity contribution is 0.364. The van der Waals surface area contributed by atoms with E-state index in [0.717, 1.165) is 12.8 Å². The van der Waals surface area contributed by atoms with E-state index < -0.39 is 9.24 Å². The maximum absolute atomic E-state index is 10.8. The van der Waals surface area contributed by atoms with E-state index in [4.69, 9.17) is 10.7 Å². The van der Waals surface area contributed by atoms with E-state index in [0.29, 0.717) is 5.92 Å². The number of hydrogen-bond acceptors (Lipinski definition) is 2. The molecule has 11 heavy (non-hydrogen) atoms. The van der Waals surface area contributed by atoms with E-state index in [9.17, 15) is 8.42 Å². The molecular formula is C6H12ClNO2S. The van der Waals surface area contributed by atoms with Crippen LogP contribution in [0.15, 0.2) is 0 Å². The van der Waals surface area contributed by atoms with Gasteiger partial charge in [-0.15, -0.1) is 0 Å². The van der Waals surface area contributed by atoms with E-state index in [-0.39, 0.29) is 6.04 Å². The first-order chi connectivity index (χ1) is 4.93. The van der Waals surface area contributed by atoms with Crippen LogP contribution in [0.1, 0.15) is 19.8 Å². The zero-order valence-electron chi connectivity index (χ0n) is 6.62. The highest BCUT2D eigenvalue weighted by Crippen LogP contribution is 2.35. The fraction of sp³-hybridized carbons (Fsp3) is 1.00. The molecule has 0 spiro atoms. The van der Waals surface area contributed by atoms with Gasteiger partial charge in [0.25, 0.3) is 9.24 Å². The minimum Gasteiger partial charge on any atom is -0.195 e. The summed E-state index contributed by atoms with van der Waals surface area (Å²) in [5, 5.41) is 0. The molecule has 0 aromatic rings. The Morgan fingerprint density at radius 1 is 1.55 bits per heavy atom. The third-order valence-corrected chi connectivity index (χ3v) is 3.90. The van der Waals surface area contributed by atoms with Crippen molar-refractivity contribution >= 4 is 19.9 Å². The topological polar surface area (TPSA) is 37.4 Å². The molecule has 1 fully saturated rings. The Morgan fingerprint density at radius 2 is 2.00 bits per heavy atom. The molecule has 0 amide bonds. The molecule has 0 aromatic heterocycles. The predicted octanol–water partition coefficient (Wildman–Crippen LogP) is 1.20. The van der Waals surface area contributed by atoms with Crippen LogP contribution in [-0.2, 0) is 9.24 Å². The second-order valence-corrected chi connectivity index (χ2v) is 5.61. The van der Waals surface area contributed by atoms with Gasteiger partial charge in [-0.2, -0.15) is 12.7 Å². The maximum Gasteiger partial charge on any atom is 0.299 e. The van der Waals surface area contributed by atoms with Gasteiger partial charge >= 0.3 is 0 Å². The van der Waals surface area contributed by atoms with Crippen molar-refractivity contribution in [2.24, 2.45) is 5.92 Å². The average molecular weight is 198 g/mol. The van der Waals surface area contributed by atoms with Crippen LogP contribution in [0.25, 0.3) is 0 Å². The van der Waals surface area contributed by atoms with Crippen LogP contribution in [0, 0.1) is 5.92 Å². The van der Waals surface area contributed by atoms with Crippen LogP contribution >= 0.6 is 10.7 Å². The predicted molar refractivity (Wildman–Crippen MR) is 44.7 cm³/mol. The van der Waals surface area contributed by atoms with Crippen molar-refractivity contribution in [3.8, 4) is 0 Å². The molecule has 1 aliphatic rings. The minimum absolute atomic E-state index is 0.0532. The molecule has 5 heteroatoms. The standard InChI is InChI=1S/C6H12ClNO2S/c1-5(6-3-4-6)8(2)11(7,9)10/h5-6H,3-4H2,1-2H3/t5-/m1/s1. The first kappa shape index (κ1) is 9.29. The molecule has 0 aromatic carbocycles. The van der Waals surface area contributed by atoms with Crippen molar-refractivity contribution in [2.75, 3.05) is 7.05 Å². The van der Waals surface area contributed by atoms with Gasteiger partial charge in [0.2, 0.25) is 0 Å². The van der Waals surface area contributed by atoms with Gasteiger partial charge in [0.05, 0.1) is 0 Å². The summed E-state index contributed by atoms with van der Waals surface area (Å²) >= 11 is 0. The normalized spacial score (nSPS) is 22.2. The van der Waals surface area contributed by atoms with Crippen LogP contribution in [0.2, 0.25) is 0 Å². The third-order valence-electron chi connectivity index (χ3n) is 2.22. The van der Waals surface area contributed by atoms with Crippen molar-refractivity contribution in [3.05, 3.63) is 0 Å². The molecule has 0 unspecified atom stereocenters. The summed E-state index contributed by atoms with van der Waals surface area (Å²) in [5.41, 5.74) is 0. The molecule has 3 nitrogen and oxygen atoms in total. The largest absolute Gasteiger partial charge is 0.299 e. The Labute approximate surface area is 71.9 Å². The van der Waals surface area contributed by atoms with Crippen molar-refractivity contribution < 1.29 is 8.42 Å². The number of halogens is 1. The average Bonchev–Trinajstić information content (AvgIpc) is 2.63. The van der Waals surface area contributed by atoms with Crippen molar-refractivity contribution in [1.29, 1.82) is 0 Å². The molecule has 0 N–H and O–H groups in total. The van der Waals surface area contributed by atoms with Gasteiger partial charge in [0.1, 0.15) is 0 Å². The first-order valence-electron chi connectivity index (χ1n) is 3.60. The molecule has 66 valence electrons.